The van der Waals surface area contributed by atoms with E-state index in [2.05, 4.69) is 168 Å². The fourth-order valence-electron chi connectivity index (χ4n) is 8.66. The van der Waals surface area contributed by atoms with Gasteiger partial charge in [0.2, 0.25) is 0 Å². The minimum absolute atomic E-state index is 0.300. The maximum Gasteiger partial charge on any atom is 0.160 e. The van der Waals surface area contributed by atoms with Crippen LogP contribution in [0.4, 0.5) is 0 Å². The standard InChI is InChI=1S/C51H32N4OS/c1-4-15-31(16-5-1)34-27-28-38(51-53-49(32-17-6-2-7-18-32)52-50(54-51)33-19-8-3-9-20-33)46-37-23-14-25-42(47(37)57-48(34)46)55-41-24-12-10-21-35(41)39-29-40-36-22-11-13-26-44(36)56-45(40)30-43(39)55/h1-30,49H,(H,52,53,54). The van der Waals surface area contributed by atoms with Gasteiger partial charge in [0.15, 0.2) is 5.84 Å². The van der Waals surface area contributed by atoms with Crippen LogP contribution in [0, 0.1) is 0 Å². The lowest BCUT2D eigenvalue weighted by molar-refractivity contribution is 0.669. The number of thiophene rings is 1. The molecule has 268 valence electrons. The molecule has 1 N–H and O–H groups in total. The SMILES string of the molecule is c1ccc(C2=NC(c3ccc(-c4ccccc4)c4sc5c(-n6c7ccccc7c7cc8c(cc76)oc6ccccc68)cccc5c34)=NC(c3ccccc3)N2)cc1. The Kier molecular flexibility index (Phi) is 7.09. The highest BCUT2D eigenvalue weighted by Crippen LogP contribution is 2.46. The molecule has 12 rings (SSSR count). The Bertz CT molecular complexity index is 3430. The Labute approximate surface area is 331 Å². The number of benzene rings is 8. The number of hydrogen-bond donors (Lipinski definition) is 1. The summed E-state index contributed by atoms with van der Waals surface area (Å²) in [6, 6.07) is 64.2. The van der Waals surface area contributed by atoms with Crippen LogP contribution in [0.5, 0.6) is 0 Å². The molecule has 1 atom stereocenters. The monoisotopic (exact) mass is 748 g/mol. The Morgan fingerprint density at radius 1 is 0.509 bits per heavy atom. The molecule has 0 radical (unpaired) electrons. The largest absolute Gasteiger partial charge is 0.456 e. The van der Waals surface area contributed by atoms with Crippen molar-refractivity contribution in [2.75, 3.05) is 0 Å². The van der Waals surface area contributed by atoms with Crippen molar-refractivity contribution < 1.29 is 4.42 Å². The molecule has 1 aliphatic rings. The average Bonchev–Trinajstić information content (AvgIpc) is 3.96. The first-order valence-corrected chi connectivity index (χ1v) is 20.0. The minimum atomic E-state index is -0.300. The van der Waals surface area contributed by atoms with E-state index in [-0.39, 0.29) is 6.17 Å². The molecule has 57 heavy (non-hydrogen) atoms. The van der Waals surface area contributed by atoms with Gasteiger partial charge < -0.3 is 14.3 Å². The summed E-state index contributed by atoms with van der Waals surface area (Å²) in [5, 5.41) is 10.6. The zero-order chi connectivity index (χ0) is 37.5. The molecule has 4 heterocycles. The van der Waals surface area contributed by atoms with E-state index in [1.165, 1.54) is 36.7 Å². The summed E-state index contributed by atoms with van der Waals surface area (Å²) in [7, 11) is 0. The molecule has 8 aromatic carbocycles. The number of amidine groups is 2. The third-order valence-electron chi connectivity index (χ3n) is 11.3. The lowest BCUT2D eigenvalue weighted by Gasteiger charge is -2.24. The van der Waals surface area contributed by atoms with Crippen molar-refractivity contribution in [1.82, 2.24) is 9.88 Å². The number of rotatable bonds is 5. The summed E-state index contributed by atoms with van der Waals surface area (Å²) in [5.41, 5.74) is 10.7. The molecule has 0 saturated carbocycles. The number of hydrogen-bond acceptors (Lipinski definition) is 5. The van der Waals surface area contributed by atoms with Gasteiger partial charge in [0.1, 0.15) is 23.2 Å². The van der Waals surface area contributed by atoms with Gasteiger partial charge in [-0.3, -0.25) is 0 Å². The maximum atomic E-state index is 6.47. The third kappa shape index (κ3) is 5.01. The summed E-state index contributed by atoms with van der Waals surface area (Å²) in [5.74, 6) is 1.51. The zero-order valence-electron chi connectivity index (χ0n) is 30.6. The molecule has 0 fully saturated rings. The van der Waals surface area contributed by atoms with Crippen LogP contribution in [-0.4, -0.2) is 16.2 Å². The molecule has 0 aliphatic carbocycles. The molecule has 0 spiro atoms. The van der Waals surface area contributed by atoms with Crippen molar-refractivity contribution in [1.29, 1.82) is 0 Å². The van der Waals surface area contributed by atoms with Crippen LogP contribution < -0.4 is 5.32 Å². The smallest absolute Gasteiger partial charge is 0.160 e. The summed E-state index contributed by atoms with van der Waals surface area (Å²) < 4.78 is 11.3. The molecular formula is C51H32N4OS. The second kappa shape index (κ2) is 12.6. The van der Waals surface area contributed by atoms with Crippen LogP contribution in [0.1, 0.15) is 22.9 Å². The summed E-state index contributed by atoms with van der Waals surface area (Å²) in [6.45, 7) is 0. The van der Waals surface area contributed by atoms with Gasteiger partial charge in [-0.2, -0.15) is 0 Å². The van der Waals surface area contributed by atoms with E-state index in [4.69, 9.17) is 14.4 Å². The molecule has 5 nitrogen and oxygen atoms in total. The molecule has 0 saturated heterocycles. The second-order valence-corrected chi connectivity index (χ2v) is 15.6. The molecular weight excluding hydrogens is 717 g/mol. The lowest BCUT2D eigenvalue weighted by Crippen LogP contribution is -2.33. The third-order valence-corrected chi connectivity index (χ3v) is 12.5. The van der Waals surface area contributed by atoms with Crippen LogP contribution in [0.25, 0.3) is 80.7 Å². The summed E-state index contributed by atoms with van der Waals surface area (Å²) in [4.78, 5) is 10.6. The topological polar surface area (TPSA) is 54.8 Å². The van der Waals surface area contributed by atoms with Crippen LogP contribution in [0.2, 0.25) is 0 Å². The molecule has 3 aromatic heterocycles. The minimum Gasteiger partial charge on any atom is -0.456 e. The van der Waals surface area contributed by atoms with E-state index in [0.29, 0.717) is 5.84 Å². The number of fused-ring (bicyclic) bond motifs is 9. The van der Waals surface area contributed by atoms with Gasteiger partial charge >= 0.3 is 0 Å². The zero-order valence-corrected chi connectivity index (χ0v) is 31.4. The van der Waals surface area contributed by atoms with Crippen LogP contribution in [0.3, 0.4) is 0 Å². The van der Waals surface area contributed by atoms with Gasteiger partial charge in [0.05, 0.1) is 21.4 Å². The van der Waals surface area contributed by atoms with E-state index in [1.807, 2.05) is 35.6 Å². The predicted octanol–water partition coefficient (Wildman–Crippen LogP) is 13.2. The number of nitrogens with one attached hydrogen (secondary N) is 1. The highest BCUT2D eigenvalue weighted by molar-refractivity contribution is 7.26. The van der Waals surface area contributed by atoms with Crippen LogP contribution in [-0.2, 0) is 0 Å². The number of nitrogens with zero attached hydrogens (tertiary/aromatic N) is 3. The quantitative estimate of drug-likeness (QED) is 0.191. The fraction of sp³-hybridized carbons (Fsp3) is 0.0196. The first-order chi connectivity index (χ1) is 28.3. The van der Waals surface area contributed by atoms with Gasteiger partial charge in [0, 0.05) is 54.2 Å². The van der Waals surface area contributed by atoms with Crippen molar-refractivity contribution in [3.8, 4) is 16.8 Å². The van der Waals surface area contributed by atoms with Crippen molar-refractivity contribution in [2.24, 2.45) is 9.98 Å². The molecule has 0 amide bonds. The molecule has 0 bridgehead atoms. The summed E-state index contributed by atoms with van der Waals surface area (Å²) in [6.07, 6.45) is -0.300. The molecule has 1 unspecified atom stereocenters. The van der Waals surface area contributed by atoms with E-state index in [9.17, 15) is 0 Å². The van der Waals surface area contributed by atoms with Crippen molar-refractivity contribution in [3.63, 3.8) is 0 Å². The molecule has 1 aliphatic heterocycles. The number of aliphatic imine (C=N–C) groups is 2. The Morgan fingerprint density at radius 3 is 2.02 bits per heavy atom. The van der Waals surface area contributed by atoms with Crippen molar-refractivity contribution in [3.05, 3.63) is 199 Å². The van der Waals surface area contributed by atoms with Gasteiger partial charge in [-0.1, -0.05) is 146 Å². The highest BCUT2D eigenvalue weighted by atomic mass is 32.1. The van der Waals surface area contributed by atoms with Crippen LogP contribution in [0.15, 0.2) is 196 Å². The number of aromatic nitrogens is 1. The van der Waals surface area contributed by atoms with E-state index < -0.39 is 0 Å². The first kappa shape index (κ1) is 32.0. The predicted molar refractivity (Wildman–Crippen MR) is 238 cm³/mol. The van der Waals surface area contributed by atoms with Gasteiger partial charge in [-0.15, -0.1) is 11.3 Å². The van der Waals surface area contributed by atoms with E-state index in [1.54, 1.807) is 0 Å². The number of furan rings is 1. The second-order valence-electron chi connectivity index (χ2n) is 14.5. The highest BCUT2D eigenvalue weighted by Gasteiger charge is 2.26. The lowest BCUT2D eigenvalue weighted by atomic mass is 9.97. The van der Waals surface area contributed by atoms with Gasteiger partial charge in [-0.25, -0.2) is 9.98 Å². The number of para-hydroxylation sites is 2. The van der Waals surface area contributed by atoms with Crippen LogP contribution >= 0.6 is 11.3 Å². The molecule has 11 aromatic rings. The molecule has 6 heteroatoms. The van der Waals surface area contributed by atoms with Gasteiger partial charge in [0.25, 0.3) is 0 Å². The van der Waals surface area contributed by atoms with E-state index >= 15 is 0 Å². The average molecular weight is 749 g/mol. The fourth-order valence-corrected chi connectivity index (χ4v) is 10.0. The Hall–Kier alpha value is -7.28. The summed E-state index contributed by atoms with van der Waals surface area (Å²) >= 11 is 1.84. The Balaban J connectivity index is 1.15. The van der Waals surface area contributed by atoms with E-state index in [0.717, 1.165) is 66.6 Å². The van der Waals surface area contributed by atoms with Gasteiger partial charge in [-0.05, 0) is 47.0 Å². The Morgan fingerprint density at radius 2 is 1.19 bits per heavy atom. The first-order valence-electron chi connectivity index (χ1n) is 19.2. The van der Waals surface area contributed by atoms with Crippen molar-refractivity contribution >= 4 is 86.9 Å². The maximum absolute atomic E-state index is 6.47. The normalized spacial score (nSPS) is 14.5. The van der Waals surface area contributed by atoms with Crippen molar-refractivity contribution in [2.45, 2.75) is 6.17 Å².